The van der Waals surface area contributed by atoms with E-state index in [4.69, 9.17) is 9.47 Å². The van der Waals surface area contributed by atoms with Crippen LogP contribution < -0.4 is 4.74 Å². The van der Waals surface area contributed by atoms with Crippen LogP contribution in [-0.4, -0.2) is 37.5 Å². The van der Waals surface area contributed by atoms with Crippen molar-refractivity contribution in [2.24, 2.45) is 0 Å². The van der Waals surface area contributed by atoms with E-state index < -0.39 is 5.97 Å². The minimum Gasteiger partial charge on any atom is -0.458 e. The van der Waals surface area contributed by atoms with E-state index in [-0.39, 0.29) is 12.1 Å². The van der Waals surface area contributed by atoms with Crippen LogP contribution in [-0.2, 0) is 9.53 Å². The van der Waals surface area contributed by atoms with Crippen molar-refractivity contribution in [3.05, 3.63) is 65.7 Å². The lowest BCUT2D eigenvalue weighted by atomic mass is 10.1. The third kappa shape index (κ3) is 6.04. The van der Waals surface area contributed by atoms with Gasteiger partial charge in [0.1, 0.15) is 11.9 Å². The minimum absolute atomic E-state index is 0.316. The fraction of sp³-hybridized carbons (Fsp3) is 0.300. The molecule has 132 valence electrons. The maximum atomic E-state index is 12.1. The van der Waals surface area contributed by atoms with Crippen molar-refractivity contribution in [2.45, 2.75) is 19.4 Å². The number of nitrogens with zero attached hydrogens (tertiary/aromatic N) is 1. The Labute approximate surface area is 148 Å². The highest BCUT2D eigenvalue weighted by Gasteiger charge is 2.16. The Morgan fingerprint density at radius 2 is 1.64 bits per heavy atom. The summed E-state index contributed by atoms with van der Waals surface area (Å²) in [7, 11) is 3.94. The molecule has 2 rings (SSSR count). The van der Waals surface area contributed by atoms with E-state index in [2.05, 4.69) is 0 Å². The predicted molar refractivity (Wildman–Crippen MR) is 95.5 cm³/mol. The van der Waals surface area contributed by atoms with Crippen LogP contribution in [0, 0.1) is 0 Å². The molecule has 2 aromatic carbocycles. The van der Waals surface area contributed by atoms with Crippen LogP contribution in [0.25, 0.3) is 0 Å². The number of esters is 2. The zero-order chi connectivity index (χ0) is 18.2. The van der Waals surface area contributed by atoms with Gasteiger partial charge in [-0.1, -0.05) is 30.3 Å². The molecule has 2 aromatic rings. The number of ether oxygens (including phenoxy) is 2. The number of rotatable bonds is 7. The largest absolute Gasteiger partial charge is 0.458 e. The third-order valence-electron chi connectivity index (χ3n) is 3.62. The van der Waals surface area contributed by atoms with Crippen molar-refractivity contribution in [3.8, 4) is 5.75 Å². The molecule has 0 spiro atoms. The van der Waals surface area contributed by atoms with Crippen molar-refractivity contribution in [2.75, 3.05) is 20.6 Å². The Bertz CT molecular complexity index is 695. The summed E-state index contributed by atoms with van der Waals surface area (Å²) < 4.78 is 10.8. The van der Waals surface area contributed by atoms with Crippen LogP contribution >= 0.6 is 0 Å². The standard InChI is InChI=1S/C20H23NO4/c1-15(22)24-19(13-14-21(2)3)16-9-11-18(12-10-16)25-20(23)17-7-5-4-6-8-17/h4-12,19H,13-14H2,1-3H3. The molecule has 5 heteroatoms. The van der Waals surface area contributed by atoms with Crippen LogP contribution in [0.3, 0.4) is 0 Å². The van der Waals surface area contributed by atoms with Crippen LogP contribution in [0.5, 0.6) is 5.75 Å². The molecule has 1 unspecified atom stereocenters. The molecule has 0 amide bonds. The molecule has 0 fully saturated rings. The van der Waals surface area contributed by atoms with Crippen LogP contribution in [0.15, 0.2) is 54.6 Å². The first-order valence-electron chi connectivity index (χ1n) is 8.15. The number of carbonyl (C=O) groups is 2. The fourth-order valence-electron chi connectivity index (χ4n) is 2.36. The lowest BCUT2D eigenvalue weighted by Crippen LogP contribution is -2.18. The first kappa shape index (κ1) is 18.7. The van der Waals surface area contributed by atoms with E-state index in [1.165, 1.54) is 6.92 Å². The SMILES string of the molecule is CC(=O)OC(CCN(C)C)c1ccc(OC(=O)c2ccccc2)cc1. The summed E-state index contributed by atoms with van der Waals surface area (Å²) in [4.78, 5) is 25.4. The summed E-state index contributed by atoms with van der Waals surface area (Å²) in [5.74, 6) is -0.271. The van der Waals surface area contributed by atoms with E-state index >= 15 is 0 Å². The third-order valence-corrected chi connectivity index (χ3v) is 3.62. The molecule has 0 aliphatic rings. The number of hydrogen-bond donors (Lipinski definition) is 0. The van der Waals surface area contributed by atoms with Crippen LogP contribution in [0.2, 0.25) is 0 Å². The Hall–Kier alpha value is -2.66. The van der Waals surface area contributed by atoms with Crippen molar-refractivity contribution in [1.29, 1.82) is 0 Å². The molecule has 1 atom stereocenters. The Balaban J connectivity index is 2.05. The van der Waals surface area contributed by atoms with Gasteiger partial charge in [-0.2, -0.15) is 0 Å². The zero-order valence-electron chi connectivity index (χ0n) is 14.8. The highest BCUT2D eigenvalue weighted by atomic mass is 16.5. The summed E-state index contributed by atoms with van der Waals surface area (Å²) in [6.45, 7) is 2.20. The molecule has 0 bridgehead atoms. The number of carbonyl (C=O) groups excluding carboxylic acids is 2. The van der Waals surface area contributed by atoms with Crippen molar-refractivity contribution >= 4 is 11.9 Å². The van der Waals surface area contributed by atoms with E-state index in [0.717, 1.165) is 12.1 Å². The summed E-state index contributed by atoms with van der Waals surface area (Å²) in [5.41, 5.74) is 1.37. The van der Waals surface area contributed by atoms with Gasteiger partial charge in [-0.3, -0.25) is 4.79 Å². The average Bonchev–Trinajstić information content (AvgIpc) is 2.59. The first-order chi connectivity index (χ1) is 12.0. The minimum atomic E-state index is -0.405. The summed E-state index contributed by atoms with van der Waals surface area (Å²) in [6, 6.07) is 15.9. The van der Waals surface area contributed by atoms with Gasteiger partial charge in [0.05, 0.1) is 5.56 Å². The van der Waals surface area contributed by atoms with Gasteiger partial charge in [0.25, 0.3) is 0 Å². The monoisotopic (exact) mass is 341 g/mol. The van der Waals surface area contributed by atoms with Crippen LogP contribution in [0.1, 0.15) is 35.4 Å². The maximum absolute atomic E-state index is 12.1. The van der Waals surface area contributed by atoms with Gasteiger partial charge in [0.15, 0.2) is 0 Å². The summed E-state index contributed by atoms with van der Waals surface area (Å²) in [6.07, 6.45) is 0.370. The highest BCUT2D eigenvalue weighted by molar-refractivity contribution is 5.90. The molecular weight excluding hydrogens is 318 g/mol. The molecule has 0 aliphatic heterocycles. The molecule has 0 saturated heterocycles. The molecule has 0 aliphatic carbocycles. The van der Waals surface area contributed by atoms with Crippen molar-refractivity contribution in [1.82, 2.24) is 4.90 Å². The summed E-state index contributed by atoms with van der Waals surface area (Å²) in [5, 5.41) is 0. The molecular formula is C20H23NO4. The van der Waals surface area contributed by atoms with Gasteiger partial charge < -0.3 is 14.4 Å². The molecule has 0 saturated carbocycles. The molecule has 0 radical (unpaired) electrons. The van der Waals surface area contributed by atoms with Gasteiger partial charge in [-0.15, -0.1) is 0 Å². The smallest absolute Gasteiger partial charge is 0.343 e. The van der Waals surface area contributed by atoms with Crippen LogP contribution in [0.4, 0.5) is 0 Å². The second-order valence-electron chi connectivity index (χ2n) is 6.01. The lowest BCUT2D eigenvalue weighted by molar-refractivity contribution is -0.147. The van der Waals surface area contributed by atoms with Crippen molar-refractivity contribution < 1.29 is 19.1 Å². The number of benzene rings is 2. The number of hydrogen-bond acceptors (Lipinski definition) is 5. The molecule has 0 N–H and O–H groups in total. The Morgan fingerprint density at radius 1 is 1.00 bits per heavy atom. The highest BCUT2D eigenvalue weighted by Crippen LogP contribution is 2.24. The molecule has 0 heterocycles. The molecule has 0 aromatic heterocycles. The zero-order valence-corrected chi connectivity index (χ0v) is 14.8. The lowest BCUT2D eigenvalue weighted by Gasteiger charge is -2.20. The topological polar surface area (TPSA) is 55.8 Å². The van der Waals surface area contributed by atoms with E-state index in [1.807, 2.05) is 37.2 Å². The second-order valence-corrected chi connectivity index (χ2v) is 6.01. The summed E-state index contributed by atoms with van der Waals surface area (Å²) >= 11 is 0. The Kier molecular flexibility index (Phi) is 6.71. The van der Waals surface area contributed by atoms with Gasteiger partial charge >= 0.3 is 11.9 Å². The Morgan fingerprint density at radius 3 is 2.20 bits per heavy atom. The van der Waals surface area contributed by atoms with E-state index in [1.54, 1.807) is 36.4 Å². The predicted octanol–water partition coefficient (Wildman–Crippen LogP) is 3.46. The average molecular weight is 341 g/mol. The quantitative estimate of drug-likeness (QED) is 0.570. The fourth-order valence-corrected chi connectivity index (χ4v) is 2.36. The first-order valence-corrected chi connectivity index (χ1v) is 8.15. The molecule has 25 heavy (non-hydrogen) atoms. The second kappa shape index (κ2) is 8.99. The molecule has 5 nitrogen and oxygen atoms in total. The van der Waals surface area contributed by atoms with E-state index in [0.29, 0.717) is 17.7 Å². The van der Waals surface area contributed by atoms with Gasteiger partial charge in [-0.25, -0.2) is 4.79 Å². The van der Waals surface area contributed by atoms with Gasteiger partial charge in [-0.05, 0) is 43.9 Å². The van der Waals surface area contributed by atoms with Crippen molar-refractivity contribution in [3.63, 3.8) is 0 Å². The van der Waals surface area contributed by atoms with E-state index in [9.17, 15) is 9.59 Å². The van der Waals surface area contributed by atoms with Gasteiger partial charge in [0.2, 0.25) is 0 Å². The normalized spacial score (nSPS) is 11.8. The van der Waals surface area contributed by atoms with Gasteiger partial charge in [0, 0.05) is 19.9 Å². The maximum Gasteiger partial charge on any atom is 0.343 e.